The van der Waals surface area contributed by atoms with Crippen LogP contribution in [0.25, 0.3) is 0 Å². The molecule has 1 aliphatic rings. The summed E-state index contributed by atoms with van der Waals surface area (Å²) in [5, 5.41) is 13.3. The first-order chi connectivity index (χ1) is 8.22. The van der Waals surface area contributed by atoms with Gasteiger partial charge in [0.15, 0.2) is 0 Å². The molecule has 3 rings (SSSR count). The quantitative estimate of drug-likeness (QED) is 0.924. The minimum Gasteiger partial charge on any atom is -0.387 e. The molecule has 2 heterocycles. The fourth-order valence-electron chi connectivity index (χ4n) is 2.28. The summed E-state index contributed by atoms with van der Waals surface area (Å²) in [7, 11) is 0. The SMILES string of the molecule is Cc1csc(CC(O)c2cc3c(s2)CCC3)n1. The van der Waals surface area contributed by atoms with Gasteiger partial charge in [0.1, 0.15) is 0 Å². The molecular formula is C13H15NOS2. The van der Waals surface area contributed by atoms with Gasteiger partial charge in [-0.25, -0.2) is 4.98 Å². The van der Waals surface area contributed by atoms with Crippen LogP contribution in [0.3, 0.4) is 0 Å². The highest BCUT2D eigenvalue weighted by atomic mass is 32.1. The summed E-state index contributed by atoms with van der Waals surface area (Å²) in [5.74, 6) is 0. The Morgan fingerprint density at radius 1 is 1.47 bits per heavy atom. The molecule has 4 heteroatoms. The maximum atomic E-state index is 10.2. The Bertz CT molecular complexity index is 508. The molecule has 0 saturated carbocycles. The molecule has 0 fully saturated rings. The van der Waals surface area contributed by atoms with E-state index in [0.29, 0.717) is 6.42 Å². The standard InChI is InChI=1S/C13H15NOS2/c1-8-7-16-13(14-8)6-10(15)12-5-9-3-2-4-11(9)17-12/h5,7,10,15H,2-4,6H2,1H3. The van der Waals surface area contributed by atoms with Crippen molar-refractivity contribution in [2.24, 2.45) is 0 Å². The first-order valence-corrected chi connectivity index (χ1v) is 7.62. The Morgan fingerprint density at radius 3 is 3.06 bits per heavy atom. The van der Waals surface area contributed by atoms with Crippen LogP contribution >= 0.6 is 22.7 Å². The molecule has 0 spiro atoms. The molecule has 1 atom stereocenters. The van der Waals surface area contributed by atoms with Gasteiger partial charge in [0, 0.05) is 27.2 Å². The van der Waals surface area contributed by atoms with Gasteiger partial charge in [0.05, 0.1) is 11.1 Å². The Hall–Kier alpha value is -0.710. The fraction of sp³-hybridized carbons (Fsp3) is 0.462. The van der Waals surface area contributed by atoms with Crippen molar-refractivity contribution in [2.75, 3.05) is 0 Å². The van der Waals surface area contributed by atoms with Gasteiger partial charge in [-0.15, -0.1) is 22.7 Å². The van der Waals surface area contributed by atoms with Crippen LogP contribution in [-0.2, 0) is 19.3 Å². The van der Waals surface area contributed by atoms with Crippen LogP contribution in [0.5, 0.6) is 0 Å². The van der Waals surface area contributed by atoms with Crippen molar-refractivity contribution in [3.05, 3.63) is 37.5 Å². The van der Waals surface area contributed by atoms with Gasteiger partial charge in [-0.1, -0.05) is 0 Å². The van der Waals surface area contributed by atoms with E-state index in [1.165, 1.54) is 29.7 Å². The molecule has 2 nitrogen and oxygen atoms in total. The number of aryl methyl sites for hydroxylation is 3. The highest BCUT2D eigenvalue weighted by Gasteiger charge is 2.19. The summed E-state index contributed by atoms with van der Waals surface area (Å²) in [6.45, 7) is 1.99. The van der Waals surface area contributed by atoms with Crippen molar-refractivity contribution < 1.29 is 5.11 Å². The zero-order valence-electron chi connectivity index (χ0n) is 9.77. The highest BCUT2D eigenvalue weighted by molar-refractivity contribution is 7.12. The molecule has 1 N–H and O–H groups in total. The van der Waals surface area contributed by atoms with Crippen molar-refractivity contribution >= 4 is 22.7 Å². The summed E-state index contributed by atoms with van der Waals surface area (Å²) in [4.78, 5) is 7.00. The summed E-state index contributed by atoms with van der Waals surface area (Å²) >= 11 is 3.42. The molecule has 1 aliphatic carbocycles. The van der Waals surface area contributed by atoms with Crippen molar-refractivity contribution in [3.63, 3.8) is 0 Å². The molecule has 0 aromatic carbocycles. The molecule has 17 heavy (non-hydrogen) atoms. The highest BCUT2D eigenvalue weighted by Crippen LogP contribution is 2.34. The number of fused-ring (bicyclic) bond motifs is 1. The van der Waals surface area contributed by atoms with Gasteiger partial charge in [-0.05, 0) is 37.8 Å². The number of nitrogens with zero attached hydrogens (tertiary/aromatic N) is 1. The van der Waals surface area contributed by atoms with Gasteiger partial charge in [-0.2, -0.15) is 0 Å². The van der Waals surface area contributed by atoms with Crippen molar-refractivity contribution in [3.8, 4) is 0 Å². The number of aliphatic hydroxyl groups is 1. The molecule has 0 radical (unpaired) electrons. The largest absolute Gasteiger partial charge is 0.387 e. The number of aromatic nitrogens is 1. The van der Waals surface area contributed by atoms with Gasteiger partial charge < -0.3 is 5.11 Å². The van der Waals surface area contributed by atoms with E-state index < -0.39 is 0 Å². The fourth-order valence-corrected chi connectivity index (χ4v) is 4.33. The van der Waals surface area contributed by atoms with Crippen LogP contribution in [0.1, 0.15) is 38.5 Å². The van der Waals surface area contributed by atoms with E-state index >= 15 is 0 Å². The third kappa shape index (κ3) is 2.30. The molecule has 0 aliphatic heterocycles. The van der Waals surface area contributed by atoms with Gasteiger partial charge in [0.2, 0.25) is 0 Å². The van der Waals surface area contributed by atoms with Gasteiger partial charge >= 0.3 is 0 Å². The van der Waals surface area contributed by atoms with Crippen LogP contribution in [0.4, 0.5) is 0 Å². The minimum atomic E-state index is -0.379. The molecule has 2 aromatic heterocycles. The lowest BCUT2D eigenvalue weighted by molar-refractivity contribution is 0.182. The zero-order valence-corrected chi connectivity index (χ0v) is 11.4. The van der Waals surface area contributed by atoms with Crippen LogP contribution in [-0.4, -0.2) is 10.1 Å². The Kier molecular flexibility index (Phi) is 3.03. The molecule has 0 amide bonds. The van der Waals surface area contributed by atoms with Crippen LogP contribution in [0.15, 0.2) is 11.4 Å². The molecular weight excluding hydrogens is 250 g/mol. The number of thiazole rings is 1. The number of hydrogen-bond donors (Lipinski definition) is 1. The second-order valence-corrected chi connectivity index (χ2v) is 6.66. The number of aliphatic hydroxyl groups excluding tert-OH is 1. The minimum absolute atomic E-state index is 0.379. The molecule has 1 unspecified atom stereocenters. The van der Waals surface area contributed by atoms with E-state index in [0.717, 1.165) is 15.6 Å². The number of rotatable bonds is 3. The monoisotopic (exact) mass is 265 g/mol. The molecule has 2 aromatic rings. The van der Waals surface area contributed by atoms with Crippen molar-refractivity contribution in [1.29, 1.82) is 0 Å². The van der Waals surface area contributed by atoms with Crippen molar-refractivity contribution in [2.45, 2.75) is 38.7 Å². The summed E-state index contributed by atoms with van der Waals surface area (Å²) in [6, 6.07) is 2.19. The topological polar surface area (TPSA) is 33.1 Å². The average Bonchev–Trinajstić information content (AvgIpc) is 2.92. The smallest absolute Gasteiger partial charge is 0.0957 e. The van der Waals surface area contributed by atoms with E-state index in [1.54, 1.807) is 22.7 Å². The predicted octanol–water partition coefficient (Wildman–Crippen LogP) is 3.28. The second-order valence-electron chi connectivity index (χ2n) is 4.55. The van der Waals surface area contributed by atoms with Crippen LogP contribution in [0, 0.1) is 6.92 Å². The first kappa shape index (κ1) is 11.4. The van der Waals surface area contributed by atoms with Gasteiger partial charge in [-0.3, -0.25) is 0 Å². The third-order valence-electron chi connectivity index (χ3n) is 3.13. The Labute approximate surface area is 109 Å². The third-order valence-corrected chi connectivity index (χ3v) is 5.46. The predicted molar refractivity (Wildman–Crippen MR) is 71.9 cm³/mol. The molecule has 90 valence electrons. The Balaban J connectivity index is 1.75. The average molecular weight is 265 g/mol. The number of hydrogen-bond acceptors (Lipinski definition) is 4. The zero-order chi connectivity index (χ0) is 11.8. The lowest BCUT2D eigenvalue weighted by atomic mass is 10.2. The summed E-state index contributed by atoms with van der Waals surface area (Å²) in [6.07, 6.45) is 3.94. The van der Waals surface area contributed by atoms with Crippen LogP contribution < -0.4 is 0 Å². The van der Waals surface area contributed by atoms with Crippen molar-refractivity contribution in [1.82, 2.24) is 4.98 Å². The summed E-state index contributed by atoms with van der Waals surface area (Å²) in [5.41, 5.74) is 2.50. The summed E-state index contributed by atoms with van der Waals surface area (Å²) < 4.78 is 0. The lowest BCUT2D eigenvalue weighted by Crippen LogP contribution is -1.99. The number of thiophene rings is 1. The van der Waals surface area contributed by atoms with Crippen LogP contribution in [0.2, 0.25) is 0 Å². The van der Waals surface area contributed by atoms with E-state index in [2.05, 4.69) is 11.1 Å². The van der Waals surface area contributed by atoms with Gasteiger partial charge in [0.25, 0.3) is 0 Å². The maximum Gasteiger partial charge on any atom is 0.0957 e. The first-order valence-electron chi connectivity index (χ1n) is 5.93. The van der Waals surface area contributed by atoms with E-state index in [9.17, 15) is 5.11 Å². The van der Waals surface area contributed by atoms with E-state index in [1.807, 2.05) is 12.3 Å². The molecule has 0 bridgehead atoms. The molecule has 0 saturated heterocycles. The maximum absolute atomic E-state index is 10.2. The second kappa shape index (κ2) is 4.52. The normalized spacial score (nSPS) is 16.1. The lowest BCUT2D eigenvalue weighted by Gasteiger charge is -2.05. The van der Waals surface area contributed by atoms with E-state index in [4.69, 9.17) is 0 Å². The Morgan fingerprint density at radius 2 is 2.35 bits per heavy atom. The van der Waals surface area contributed by atoms with E-state index in [-0.39, 0.29) is 6.10 Å².